The Morgan fingerprint density at radius 1 is 0.385 bits per heavy atom. The first kappa shape index (κ1) is 37.9. The van der Waals surface area contributed by atoms with E-state index < -0.39 is 0 Å². The molecule has 0 amide bonds. The normalized spacial score (nSPS) is 11.4. The van der Waals surface area contributed by atoms with Gasteiger partial charge in [0.25, 0.3) is 0 Å². The Kier molecular flexibility index (Phi) is 29.1. The summed E-state index contributed by atoms with van der Waals surface area (Å²) in [6.45, 7) is 10.4. The second kappa shape index (κ2) is 29.9. The van der Waals surface area contributed by atoms with Crippen LogP contribution in [0.4, 0.5) is 0 Å². The van der Waals surface area contributed by atoms with Crippen LogP contribution in [0.3, 0.4) is 0 Å². The Bertz CT molecular complexity index is 483. The first-order valence-corrected chi connectivity index (χ1v) is 17.2. The molecule has 0 aromatic carbocycles. The van der Waals surface area contributed by atoms with E-state index in [1.807, 2.05) is 0 Å². The monoisotopic (exact) mass is 553 g/mol. The largest absolute Gasteiger partial charge is 0.466 e. The van der Waals surface area contributed by atoms with Gasteiger partial charge >= 0.3 is 11.9 Å². The molecule has 0 saturated carbocycles. The van der Waals surface area contributed by atoms with E-state index in [0.29, 0.717) is 26.1 Å². The molecular formula is C35H68O4. The minimum atomic E-state index is -0.0506. The van der Waals surface area contributed by atoms with Crippen LogP contribution < -0.4 is 0 Å². The summed E-state index contributed by atoms with van der Waals surface area (Å²) >= 11 is 0. The van der Waals surface area contributed by atoms with E-state index in [1.165, 1.54) is 103 Å². The van der Waals surface area contributed by atoms with Crippen molar-refractivity contribution in [1.29, 1.82) is 0 Å². The summed E-state index contributed by atoms with van der Waals surface area (Å²) in [4.78, 5) is 23.8. The van der Waals surface area contributed by atoms with Crippen LogP contribution in [0.15, 0.2) is 0 Å². The Hall–Kier alpha value is -1.06. The van der Waals surface area contributed by atoms with Crippen LogP contribution in [0.2, 0.25) is 0 Å². The molecule has 0 radical (unpaired) electrons. The number of carbonyl (C=O) groups is 2. The number of rotatable bonds is 30. The summed E-state index contributed by atoms with van der Waals surface area (Å²) in [6.07, 6.45) is 29.1. The van der Waals surface area contributed by atoms with Gasteiger partial charge in [-0.15, -0.1) is 0 Å². The van der Waals surface area contributed by atoms with Gasteiger partial charge in [0.15, 0.2) is 0 Å². The molecule has 0 N–H and O–H groups in total. The van der Waals surface area contributed by atoms with Gasteiger partial charge in [-0.25, -0.2) is 0 Å². The number of hydrogen-bond donors (Lipinski definition) is 0. The maximum Gasteiger partial charge on any atom is 0.305 e. The maximum atomic E-state index is 11.9. The maximum absolute atomic E-state index is 11.9. The van der Waals surface area contributed by atoms with Crippen LogP contribution in [0, 0.1) is 11.8 Å². The summed E-state index contributed by atoms with van der Waals surface area (Å²) in [5.41, 5.74) is 0. The highest BCUT2D eigenvalue weighted by atomic mass is 16.5. The van der Waals surface area contributed by atoms with E-state index in [0.717, 1.165) is 56.8 Å². The molecule has 232 valence electrons. The lowest BCUT2D eigenvalue weighted by molar-refractivity contribution is -0.144. The second-order valence-corrected chi connectivity index (χ2v) is 12.7. The van der Waals surface area contributed by atoms with Crippen LogP contribution in [0.25, 0.3) is 0 Å². The van der Waals surface area contributed by atoms with Crippen LogP contribution in [-0.2, 0) is 19.1 Å². The van der Waals surface area contributed by atoms with Crippen molar-refractivity contribution in [2.45, 2.75) is 188 Å². The fraction of sp³-hybridized carbons (Fsp3) is 0.943. The zero-order valence-corrected chi connectivity index (χ0v) is 26.9. The zero-order chi connectivity index (χ0) is 28.8. The van der Waals surface area contributed by atoms with E-state index >= 15 is 0 Å². The van der Waals surface area contributed by atoms with E-state index in [9.17, 15) is 9.59 Å². The van der Waals surface area contributed by atoms with Gasteiger partial charge < -0.3 is 9.47 Å². The molecule has 0 saturated heterocycles. The van der Waals surface area contributed by atoms with Crippen LogP contribution in [-0.4, -0.2) is 25.2 Å². The first-order valence-electron chi connectivity index (χ1n) is 17.2. The average Bonchev–Trinajstić information content (AvgIpc) is 2.89. The van der Waals surface area contributed by atoms with Gasteiger partial charge in [-0.2, -0.15) is 0 Å². The molecule has 0 aromatic rings. The van der Waals surface area contributed by atoms with Crippen molar-refractivity contribution in [3.8, 4) is 0 Å². The highest BCUT2D eigenvalue weighted by molar-refractivity contribution is 5.69. The minimum absolute atomic E-state index is 0.0506. The lowest BCUT2D eigenvalue weighted by Crippen LogP contribution is -2.06. The molecule has 0 aliphatic rings. The van der Waals surface area contributed by atoms with Crippen LogP contribution in [0.5, 0.6) is 0 Å². The molecule has 39 heavy (non-hydrogen) atoms. The molecule has 0 fully saturated rings. The predicted octanol–water partition coefficient (Wildman–Crippen LogP) is 11.1. The summed E-state index contributed by atoms with van der Waals surface area (Å²) in [5, 5.41) is 0. The highest BCUT2D eigenvalue weighted by Gasteiger charge is 2.05. The molecule has 0 aliphatic heterocycles. The lowest BCUT2D eigenvalue weighted by atomic mass is 10.0. The molecule has 0 unspecified atom stereocenters. The fourth-order valence-corrected chi connectivity index (χ4v) is 5.02. The van der Waals surface area contributed by atoms with Gasteiger partial charge in [0.1, 0.15) is 0 Å². The van der Waals surface area contributed by atoms with Crippen molar-refractivity contribution in [1.82, 2.24) is 0 Å². The molecule has 0 spiro atoms. The lowest BCUT2D eigenvalue weighted by Gasteiger charge is -2.06. The van der Waals surface area contributed by atoms with E-state index in [1.54, 1.807) is 0 Å². The Labute approximate surface area is 244 Å². The van der Waals surface area contributed by atoms with Gasteiger partial charge in [0.05, 0.1) is 13.2 Å². The molecule has 0 aromatic heterocycles. The number of unbranched alkanes of at least 4 members (excludes halogenated alkanes) is 18. The molecule has 0 aliphatic carbocycles. The average molecular weight is 553 g/mol. The molecule has 0 heterocycles. The van der Waals surface area contributed by atoms with Crippen LogP contribution in [0.1, 0.15) is 188 Å². The molecule has 0 atom stereocenters. The van der Waals surface area contributed by atoms with E-state index in [2.05, 4.69) is 27.7 Å². The summed E-state index contributed by atoms with van der Waals surface area (Å²) in [7, 11) is 0. The van der Waals surface area contributed by atoms with E-state index in [-0.39, 0.29) is 11.9 Å². The Morgan fingerprint density at radius 2 is 0.641 bits per heavy atom. The second-order valence-electron chi connectivity index (χ2n) is 12.7. The minimum Gasteiger partial charge on any atom is -0.466 e. The third-order valence-electron chi connectivity index (χ3n) is 7.64. The predicted molar refractivity (Wildman–Crippen MR) is 167 cm³/mol. The number of esters is 2. The highest BCUT2D eigenvalue weighted by Crippen LogP contribution is 2.14. The molecular weight excluding hydrogens is 484 g/mol. The Balaban J connectivity index is 3.27. The topological polar surface area (TPSA) is 52.6 Å². The zero-order valence-electron chi connectivity index (χ0n) is 26.9. The van der Waals surface area contributed by atoms with Gasteiger partial charge in [-0.05, 0) is 37.5 Å². The molecule has 0 bridgehead atoms. The number of hydrogen-bond acceptors (Lipinski definition) is 4. The van der Waals surface area contributed by atoms with Crippen molar-refractivity contribution in [3.63, 3.8) is 0 Å². The quantitative estimate of drug-likeness (QED) is 0.0656. The molecule has 0 rings (SSSR count). The fourth-order valence-electron chi connectivity index (χ4n) is 5.02. The molecule has 4 heteroatoms. The summed E-state index contributed by atoms with van der Waals surface area (Å²) in [5.74, 6) is 1.57. The number of carbonyl (C=O) groups excluding carboxylic acids is 2. The standard InChI is InChI=1S/C35H68O4/c1-32(2)26-20-14-9-5-7-11-18-24-30-38-34(36)28-22-16-13-17-23-29-35(37)39-31-25-19-12-8-6-10-15-21-27-33(3)4/h32-33H,5-31H2,1-4H3. The van der Waals surface area contributed by atoms with Crippen molar-refractivity contribution >= 4 is 11.9 Å². The van der Waals surface area contributed by atoms with E-state index in [4.69, 9.17) is 9.47 Å². The van der Waals surface area contributed by atoms with Crippen molar-refractivity contribution in [2.75, 3.05) is 13.2 Å². The molecule has 4 nitrogen and oxygen atoms in total. The van der Waals surface area contributed by atoms with Crippen molar-refractivity contribution < 1.29 is 19.1 Å². The number of ether oxygens (including phenoxy) is 2. The third-order valence-corrected chi connectivity index (χ3v) is 7.64. The Morgan fingerprint density at radius 3 is 0.949 bits per heavy atom. The third kappa shape index (κ3) is 33.0. The SMILES string of the molecule is CC(C)CCCCCCCCCCOC(=O)CCCCCCCC(=O)OCCCCCCCCCCC(C)C. The first-order chi connectivity index (χ1) is 18.9. The summed E-state index contributed by atoms with van der Waals surface area (Å²) < 4.78 is 10.8. The summed E-state index contributed by atoms with van der Waals surface area (Å²) in [6, 6.07) is 0. The van der Waals surface area contributed by atoms with Gasteiger partial charge in [-0.3, -0.25) is 9.59 Å². The smallest absolute Gasteiger partial charge is 0.305 e. The van der Waals surface area contributed by atoms with Gasteiger partial charge in [0.2, 0.25) is 0 Å². The van der Waals surface area contributed by atoms with Crippen LogP contribution >= 0.6 is 0 Å². The van der Waals surface area contributed by atoms with Gasteiger partial charge in [-0.1, -0.05) is 150 Å². The van der Waals surface area contributed by atoms with Crippen molar-refractivity contribution in [3.05, 3.63) is 0 Å². The van der Waals surface area contributed by atoms with Gasteiger partial charge in [0, 0.05) is 12.8 Å². The van der Waals surface area contributed by atoms with Crippen molar-refractivity contribution in [2.24, 2.45) is 11.8 Å².